The van der Waals surface area contributed by atoms with Crippen LogP contribution in [0.1, 0.15) is 6.42 Å². The number of fused-ring (bicyclic) bond motifs is 1. The first-order chi connectivity index (χ1) is 8.26. The molecule has 0 aromatic carbocycles. The van der Waals surface area contributed by atoms with Crippen molar-refractivity contribution in [3.05, 3.63) is 24.1 Å². The molecule has 1 N–H and O–H groups in total. The topological polar surface area (TPSA) is 45.5 Å². The molecule has 1 aliphatic heterocycles. The summed E-state index contributed by atoms with van der Waals surface area (Å²) in [4.78, 5) is 6.51. The van der Waals surface area contributed by atoms with Gasteiger partial charge in [-0.3, -0.25) is 0 Å². The standard InChI is InChI=1S/C11H14FN5/c1-13-9-4-5-16(7-9)11-14-10-3-2-8(12)6-17(10)15-11/h2-3,6,9,13H,4-5,7H2,1H3. The third-order valence-electron chi connectivity index (χ3n) is 3.16. The molecule has 1 saturated heterocycles. The van der Waals surface area contributed by atoms with Crippen molar-refractivity contribution >= 4 is 11.6 Å². The molecule has 0 spiro atoms. The van der Waals surface area contributed by atoms with Crippen molar-refractivity contribution in [2.24, 2.45) is 0 Å². The molecule has 3 heterocycles. The fraction of sp³-hybridized carbons (Fsp3) is 0.455. The molecule has 2 aromatic rings. The molecule has 0 radical (unpaired) electrons. The average molecular weight is 235 g/mol. The quantitative estimate of drug-likeness (QED) is 0.831. The van der Waals surface area contributed by atoms with Crippen molar-refractivity contribution in [3.8, 4) is 0 Å². The van der Waals surface area contributed by atoms with E-state index >= 15 is 0 Å². The van der Waals surface area contributed by atoms with Gasteiger partial charge in [0.15, 0.2) is 5.65 Å². The lowest BCUT2D eigenvalue weighted by atomic mass is 10.3. The number of nitrogens with one attached hydrogen (secondary N) is 1. The monoisotopic (exact) mass is 235 g/mol. The van der Waals surface area contributed by atoms with Crippen LogP contribution in [0, 0.1) is 5.82 Å². The molecule has 1 atom stereocenters. The highest BCUT2D eigenvalue weighted by molar-refractivity contribution is 5.45. The van der Waals surface area contributed by atoms with Crippen LogP contribution in [0.3, 0.4) is 0 Å². The van der Waals surface area contributed by atoms with Crippen molar-refractivity contribution in [3.63, 3.8) is 0 Å². The molecular weight excluding hydrogens is 221 g/mol. The minimum atomic E-state index is -0.302. The summed E-state index contributed by atoms with van der Waals surface area (Å²) in [6.45, 7) is 1.83. The van der Waals surface area contributed by atoms with Crippen molar-refractivity contribution < 1.29 is 4.39 Å². The lowest BCUT2D eigenvalue weighted by molar-refractivity contribution is 0.613. The SMILES string of the molecule is CNC1CCN(c2nc3ccc(F)cn3n2)C1. The minimum absolute atomic E-state index is 0.302. The van der Waals surface area contributed by atoms with Crippen LogP contribution < -0.4 is 10.2 Å². The van der Waals surface area contributed by atoms with Crippen LogP contribution in [0.4, 0.5) is 10.3 Å². The number of likely N-dealkylation sites (N-methyl/N-ethyl adjacent to an activating group) is 1. The molecule has 2 aromatic heterocycles. The molecule has 1 fully saturated rings. The first kappa shape index (κ1) is 10.5. The van der Waals surface area contributed by atoms with E-state index in [-0.39, 0.29) is 5.82 Å². The molecule has 0 saturated carbocycles. The number of pyridine rings is 1. The van der Waals surface area contributed by atoms with E-state index in [2.05, 4.69) is 20.3 Å². The Morgan fingerprint density at radius 3 is 3.12 bits per heavy atom. The third kappa shape index (κ3) is 1.84. The fourth-order valence-electron chi connectivity index (χ4n) is 2.16. The number of hydrogen-bond acceptors (Lipinski definition) is 4. The van der Waals surface area contributed by atoms with Gasteiger partial charge in [-0.15, -0.1) is 5.10 Å². The van der Waals surface area contributed by atoms with Crippen LogP contribution >= 0.6 is 0 Å². The zero-order valence-corrected chi connectivity index (χ0v) is 9.60. The highest BCUT2D eigenvalue weighted by atomic mass is 19.1. The summed E-state index contributed by atoms with van der Waals surface area (Å²) in [5.74, 6) is 0.372. The number of halogens is 1. The summed E-state index contributed by atoms with van der Waals surface area (Å²) in [6, 6.07) is 3.52. The van der Waals surface area contributed by atoms with Crippen LogP contribution in [-0.4, -0.2) is 40.8 Å². The summed E-state index contributed by atoms with van der Waals surface area (Å²) in [6.07, 6.45) is 2.43. The van der Waals surface area contributed by atoms with Crippen molar-refractivity contribution in [2.45, 2.75) is 12.5 Å². The number of rotatable bonds is 2. The van der Waals surface area contributed by atoms with Gasteiger partial charge < -0.3 is 10.2 Å². The zero-order valence-electron chi connectivity index (χ0n) is 9.60. The molecule has 0 amide bonds. The van der Waals surface area contributed by atoms with E-state index in [1.54, 1.807) is 6.07 Å². The van der Waals surface area contributed by atoms with Gasteiger partial charge in [-0.2, -0.15) is 4.98 Å². The van der Waals surface area contributed by atoms with E-state index in [9.17, 15) is 4.39 Å². The Hall–Kier alpha value is -1.69. The molecule has 17 heavy (non-hydrogen) atoms. The Balaban J connectivity index is 1.91. The highest BCUT2D eigenvalue weighted by Gasteiger charge is 2.23. The molecule has 5 nitrogen and oxygen atoms in total. The minimum Gasteiger partial charge on any atom is -0.338 e. The summed E-state index contributed by atoms with van der Waals surface area (Å²) in [5.41, 5.74) is 0.675. The van der Waals surface area contributed by atoms with Crippen LogP contribution in [0.15, 0.2) is 18.3 Å². The molecule has 1 aliphatic rings. The first-order valence-corrected chi connectivity index (χ1v) is 5.70. The van der Waals surface area contributed by atoms with Crippen LogP contribution in [0.5, 0.6) is 0 Å². The maximum atomic E-state index is 13.0. The molecule has 3 rings (SSSR count). The van der Waals surface area contributed by atoms with E-state index in [1.807, 2.05) is 7.05 Å². The fourth-order valence-corrected chi connectivity index (χ4v) is 2.16. The molecular formula is C11H14FN5. The van der Waals surface area contributed by atoms with Crippen LogP contribution in [-0.2, 0) is 0 Å². The van der Waals surface area contributed by atoms with E-state index in [1.165, 1.54) is 16.8 Å². The Morgan fingerprint density at radius 2 is 2.35 bits per heavy atom. The zero-order chi connectivity index (χ0) is 11.8. The maximum absolute atomic E-state index is 13.0. The van der Waals surface area contributed by atoms with Gasteiger partial charge in [-0.1, -0.05) is 0 Å². The summed E-state index contributed by atoms with van der Waals surface area (Å²) in [5, 5.41) is 7.53. The second kappa shape index (κ2) is 3.96. The average Bonchev–Trinajstić information content (AvgIpc) is 2.93. The largest absolute Gasteiger partial charge is 0.338 e. The molecule has 90 valence electrons. The first-order valence-electron chi connectivity index (χ1n) is 5.70. The maximum Gasteiger partial charge on any atom is 0.245 e. The van der Waals surface area contributed by atoms with E-state index < -0.39 is 0 Å². The summed E-state index contributed by atoms with van der Waals surface area (Å²) < 4.78 is 14.5. The predicted octanol–water partition coefficient (Wildman–Crippen LogP) is 0.666. The van der Waals surface area contributed by atoms with Gasteiger partial charge in [0.2, 0.25) is 5.95 Å². The molecule has 6 heteroatoms. The van der Waals surface area contributed by atoms with E-state index in [0.29, 0.717) is 17.6 Å². The van der Waals surface area contributed by atoms with E-state index in [4.69, 9.17) is 0 Å². The number of hydrogen-bond donors (Lipinski definition) is 1. The van der Waals surface area contributed by atoms with Gasteiger partial charge in [-0.25, -0.2) is 8.91 Å². The molecule has 0 bridgehead atoms. The van der Waals surface area contributed by atoms with Gasteiger partial charge in [-0.05, 0) is 25.6 Å². The smallest absolute Gasteiger partial charge is 0.245 e. The van der Waals surface area contributed by atoms with E-state index in [0.717, 1.165) is 19.5 Å². The Labute approximate surface area is 98.3 Å². The Bertz CT molecular complexity index is 538. The van der Waals surface area contributed by atoms with Gasteiger partial charge in [0.1, 0.15) is 5.82 Å². The lowest BCUT2D eigenvalue weighted by Gasteiger charge is -2.12. The normalized spacial score (nSPS) is 20.4. The second-order valence-electron chi connectivity index (χ2n) is 4.28. The number of aromatic nitrogens is 3. The summed E-state index contributed by atoms with van der Waals surface area (Å²) >= 11 is 0. The van der Waals surface area contributed by atoms with Crippen molar-refractivity contribution in [2.75, 3.05) is 25.0 Å². The number of anilines is 1. The Morgan fingerprint density at radius 1 is 1.47 bits per heavy atom. The Kier molecular flexibility index (Phi) is 2.44. The lowest BCUT2D eigenvalue weighted by Crippen LogP contribution is -2.29. The highest BCUT2D eigenvalue weighted by Crippen LogP contribution is 2.17. The van der Waals surface area contributed by atoms with Crippen molar-refractivity contribution in [1.82, 2.24) is 19.9 Å². The third-order valence-corrected chi connectivity index (χ3v) is 3.16. The second-order valence-corrected chi connectivity index (χ2v) is 4.28. The van der Waals surface area contributed by atoms with Gasteiger partial charge >= 0.3 is 0 Å². The predicted molar refractivity (Wildman–Crippen MR) is 62.6 cm³/mol. The van der Waals surface area contributed by atoms with Gasteiger partial charge in [0.05, 0.1) is 6.20 Å². The van der Waals surface area contributed by atoms with Crippen LogP contribution in [0.25, 0.3) is 5.65 Å². The van der Waals surface area contributed by atoms with Crippen LogP contribution in [0.2, 0.25) is 0 Å². The van der Waals surface area contributed by atoms with Crippen molar-refractivity contribution in [1.29, 1.82) is 0 Å². The molecule has 0 aliphatic carbocycles. The summed E-state index contributed by atoms with van der Waals surface area (Å²) in [7, 11) is 1.96. The van der Waals surface area contributed by atoms with Gasteiger partial charge in [0, 0.05) is 19.1 Å². The molecule has 1 unspecified atom stereocenters. The van der Waals surface area contributed by atoms with Gasteiger partial charge in [0.25, 0.3) is 0 Å². The number of nitrogens with zero attached hydrogens (tertiary/aromatic N) is 4.